The first-order valence-electron chi connectivity index (χ1n) is 4.89. The lowest BCUT2D eigenvalue weighted by Crippen LogP contribution is -2.33. The molecular formula is C11H12ClNO2. The highest BCUT2D eigenvalue weighted by Crippen LogP contribution is 2.19. The number of hydrogen-bond donors (Lipinski definition) is 1. The van der Waals surface area contributed by atoms with Gasteiger partial charge in [-0.25, -0.2) is 0 Å². The van der Waals surface area contributed by atoms with Crippen LogP contribution in [0.15, 0.2) is 24.3 Å². The Morgan fingerprint density at radius 2 is 2.13 bits per heavy atom. The lowest BCUT2D eigenvalue weighted by Gasteiger charge is -2.23. The second-order valence-electron chi connectivity index (χ2n) is 3.46. The minimum Gasteiger partial charge on any atom is -0.371 e. The standard InChI is InChI=1S/C11H12ClNO2/c12-11(14)9-3-1-8(2-4-9)10-7-13-5-6-15-10/h1-4,10,13H,5-7H2. The zero-order valence-electron chi connectivity index (χ0n) is 8.20. The van der Waals surface area contributed by atoms with Crippen molar-refractivity contribution in [2.75, 3.05) is 19.7 Å². The van der Waals surface area contributed by atoms with Gasteiger partial charge in [-0.2, -0.15) is 0 Å². The first-order valence-corrected chi connectivity index (χ1v) is 5.27. The lowest BCUT2D eigenvalue weighted by molar-refractivity contribution is 0.0277. The monoisotopic (exact) mass is 225 g/mol. The molecule has 4 heteroatoms. The average Bonchev–Trinajstić information content (AvgIpc) is 2.30. The smallest absolute Gasteiger partial charge is 0.252 e. The summed E-state index contributed by atoms with van der Waals surface area (Å²) in [6.07, 6.45) is 0.0817. The van der Waals surface area contributed by atoms with E-state index in [4.69, 9.17) is 16.3 Å². The highest BCUT2D eigenvalue weighted by molar-refractivity contribution is 6.67. The summed E-state index contributed by atoms with van der Waals surface area (Å²) < 4.78 is 5.58. The number of carbonyl (C=O) groups excluding carboxylic acids is 1. The molecule has 1 aliphatic heterocycles. The summed E-state index contributed by atoms with van der Waals surface area (Å²) in [5, 5.41) is 2.83. The molecule has 80 valence electrons. The van der Waals surface area contributed by atoms with Gasteiger partial charge >= 0.3 is 0 Å². The molecule has 1 aromatic carbocycles. The van der Waals surface area contributed by atoms with E-state index in [1.165, 1.54) is 0 Å². The Kier molecular flexibility index (Phi) is 3.36. The van der Waals surface area contributed by atoms with Gasteiger partial charge in [0.1, 0.15) is 0 Å². The van der Waals surface area contributed by atoms with Gasteiger partial charge in [-0.3, -0.25) is 4.79 Å². The Hall–Kier alpha value is -0.900. The number of carbonyl (C=O) groups is 1. The Labute approximate surface area is 93.4 Å². The molecule has 1 fully saturated rings. The molecule has 1 atom stereocenters. The largest absolute Gasteiger partial charge is 0.371 e. The number of nitrogens with one attached hydrogen (secondary N) is 1. The minimum atomic E-state index is -0.427. The third-order valence-corrected chi connectivity index (χ3v) is 2.66. The Bertz CT molecular complexity index is 344. The van der Waals surface area contributed by atoms with Crippen LogP contribution in [0.25, 0.3) is 0 Å². The summed E-state index contributed by atoms with van der Waals surface area (Å²) in [5.41, 5.74) is 1.59. The second kappa shape index (κ2) is 4.75. The molecule has 0 saturated carbocycles. The van der Waals surface area contributed by atoms with E-state index in [2.05, 4.69) is 5.32 Å². The fourth-order valence-corrected chi connectivity index (χ4v) is 1.73. The number of benzene rings is 1. The molecule has 0 aromatic heterocycles. The molecule has 0 aliphatic carbocycles. The van der Waals surface area contributed by atoms with E-state index >= 15 is 0 Å². The maximum absolute atomic E-state index is 10.9. The zero-order chi connectivity index (χ0) is 10.7. The van der Waals surface area contributed by atoms with Gasteiger partial charge in [0, 0.05) is 18.7 Å². The van der Waals surface area contributed by atoms with Crippen molar-refractivity contribution in [2.45, 2.75) is 6.10 Å². The summed E-state index contributed by atoms with van der Waals surface area (Å²) in [5.74, 6) is 0. The summed E-state index contributed by atoms with van der Waals surface area (Å²) in [6.45, 7) is 2.43. The second-order valence-corrected chi connectivity index (χ2v) is 3.80. The van der Waals surface area contributed by atoms with Crippen molar-refractivity contribution in [3.8, 4) is 0 Å². The quantitative estimate of drug-likeness (QED) is 0.779. The van der Waals surface area contributed by atoms with Crippen LogP contribution in [0.5, 0.6) is 0 Å². The third kappa shape index (κ3) is 2.56. The van der Waals surface area contributed by atoms with Crippen LogP contribution in [0.1, 0.15) is 22.0 Å². The zero-order valence-corrected chi connectivity index (χ0v) is 8.96. The third-order valence-electron chi connectivity index (χ3n) is 2.44. The first kappa shape index (κ1) is 10.6. The number of hydrogen-bond acceptors (Lipinski definition) is 3. The molecule has 0 amide bonds. The predicted octanol–water partition coefficient (Wildman–Crippen LogP) is 1.73. The van der Waals surface area contributed by atoms with E-state index in [0.29, 0.717) is 5.56 Å². The van der Waals surface area contributed by atoms with E-state index in [1.54, 1.807) is 12.1 Å². The number of halogens is 1. The number of morpholine rings is 1. The van der Waals surface area contributed by atoms with E-state index in [0.717, 1.165) is 25.3 Å². The molecule has 1 heterocycles. The van der Waals surface area contributed by atoms with E-state index in [9.17, 15) is 4.79 Å². The van der Waals surface area contributed by atoms with E-state index < -0.39 is 5.24 Å². The van der Waals surface area contributed by atoms with Crippen LogP contribution in [0.4, 0.5) is 0 Å². The van der Waals surface area contributed by atoms with Crippen molar-refractivity contribution < 1.29 is 9.53 Å². The molecule has 1 aliphatic rings. The van der Waals surface area contributed by atoms with Crippen LogP contribution >= 0.6 is 11.6 Å². The summed E-state index contributed by atoms with van der Waals surface area (Å²) in [6, 6.07) is 7.21. The lowest BCUT2D eigenvalue weighted by atomic mass is 10.1. The van der Waals surface area contributed by atoms with Gasteiger partial charge in [0.25, 0.3) is 5.24 Å². The molecule has 0 bridgehead atoms. The predicted molar refractivity (Wildman–Crippen MR) is 58.2 cm³/mol. The molecule has 1 saturated heterocycles. The maximum Gasteiger partial charge on any atom is 0.252 e. The number of ether oxygens (including phenoxy) is 1. The highest BCUT2D eigenvalue weighted by Gasteiger charge is 2.15. The van der Waals surface area contributed by atoms with Crippen molar-refractivity contribution in [1.82, 2.24) is 5.32 Å². The van der Waals surface area contributed by atoms with Crippen LogP contribution in [0.2, 0.25) is 0 Å². The average molecular weight is 226 g/mol. The van der Waals surface area contributed by atoms with Gasteiger partial charge < -0.3 is 10.1 Å². The topological polar surface area (TPSA) is 38.3 Å². The highest BCUT2D eigenvalue weighted by atomic mass is 35.5. The molecule has 0 radical (unpaired) electrons. The maximum atomic E-state index is 10.9. The summed E-state index contributed by atoms with van der Waals surface area (Å²) >= 11 is 5.36. The molecule has 15 heavy (non-hydrogen) atoms. The van der Waals surface area contributed by atoms with Gasteiger partial charge in [0.05, 0.1) is 12.7 Å². The summed E-state index contributed by atoms with van der Waals surface area (Å²) in [7, 11) is 0. The minimum absolute atomic E-state index is 0.0817. The molecule has 1 N–H and O–H groups in total. The molecule has 1 aromatic rings. The van der Waals surface area contributed by atoms with Gasteiger partial charge in [0.15, 0.2) is 0 Å². The molecule has 3 nitrogen and oxygen atoms in total. The van der Waals surface area contributed by atoms with Crippen molar-refractivity contribution in [1.29, 1.82) is 0 Å². The first-order chi connectivity index (χ1) is 7.27. The van der Waals surface area contributed by atoms with Gasteiger partial charge in [-0.05, 0) is 29.3 Å². The van der Waals surface area contributed by atoms with Gasteiger partial charge in [0.2, 0.25) is 0 Å². The van der Waals surface area contributed by atoms with Crippen molar-refractivity contribution >= 4 is 16.8 Å². The van der Waals surface area contributed by atoms with Crippen LogP contribution in [-0.2, 0) is 4.74 Å². The number of rotatable bonds is 2. The Morgan fingerprint density at radius 1 is 1.40 bits per heavy atom. The van der Waals surface area contributed by atoms with Crippen LogP contribution in [0.3, 0.4) is 0 Å². The molecular weight excluding hydrogens is 214 g/mol. The van der Waals surface area contributed by atoms with Gasteiger partial charge in [-0.15, -0.1) is 0 Å². The van der Waals surface area contributed by atoms with Crippen molar-refractivity contribution in [3.63, 3.8) is 0 Å². The van der Waals surface area contributed by atoms with Crippen LogP contribution < -0.4 is 5.32 Å². The van der Waals surface area contributed by atoms with Gasteiger partial charge in [-0.1, -0.05) is 12.1 Å². The summed E-state index contributed by atoms with van der Waals surface area (Å²) in [4.78, 5) is 10.9. The Morgan fingerprint density at radius 3 is 2.67 bits per heavy atom. The normalized spacial score (nSPS) is 21.3. The Balaban J connectivity index is 2.11. The van der Waals surface area contributed by atoms with Crippen molar-refractivity contribution in [2.24, 2.45) is 0 Å². The van der Waals surface area contributed by atoms with Crippen LogP contribution in [-0.4, -0.2) is 24.9 Å². The SMILES string of the molecule is O=C(Cl)c1ccc(C2CNCCO2)cc1. The molecule has 2 rings (SSSR count). The fraction of sp³-hybridized carbons (Fsp3) is 0.364. The van der Waals surface area contributed by atoms with Crippen LogP contribution in [0, 0.1) is 0 Å². The molecule has 0 spiro atoms. The molecule has 1 unspecified atom stereocenters. The van der Waals surface area contributed by atoms with E-state index in [-0.39, 0.29) is 6.10 Å². The van der Waals surface area contributed by atoms with Crippen molar-refractivity contribution in [3.05, 3.63) is 35.4 Å². The van der Waals surface area contributed by atoms with E-state index in [1.807, 2.05) is 12.1 Å². The fourth-order valence-electron chi connectivity index (χ4n) is 1.61.